The number of guanidine groups is 1. The lowest BCUT2D eigenvalue weighted by molar-refractivity contribution is -0.134. The number of halogens is 1. The molecule has 1 aliphatic heterocycles. The number of benzene rings is 1. The molecule has 0 spiro atoms. The molecule has 1 fully saturated rings. The van der Waals surface area contributed by atoms with E-state index in [2.05, 4.69) is 22.5 Å². The van der Waals surface area contributed by atoms with E-state index in [1.54, 1.807) is 26.1 Å². The average Bonchev–Trinajstić information content (AvgIpc) is 2.63. The lowest BCUT2D eigenvalue weighted by Crippen LogP contribution is -2.44. The molecule has 1 unspecified atom stereocenters. The number of amides is 1. The summed E-state index contributed by atoms with van der Waals surface area (Å²) in [7, 11) is -1.53. The molecule has 0 aliphatic carbocycles. The number of carbonyl (C=O) groups excluding carboxylic acids is 1. The third kappa shape index (κ3) is 7.76. The topological polar surface area (TPSA) is 90.9 Å². The second-order valence-corrected chi connectivity index (χ2v) is 9.39. The normalized spacial score (nSPS) is 17.4. The number of sulfone groups is 1. The number of hydrogen-bond donors (Lipinski definition) is 2. The maximum absolute atomic E-state index is 12.4. The molecular formula is C20H33IN4O3S. The van der Waals surface area contributed by atoms with Gasteiger partial charge in [0.2, 0.25) is 5.91 Å². The molecule has 7 nitrogen and oxygen atoms in total. The molecule has 164 valence electrons. The summed E-state index contributed by atoms with van der Waals surface area (Å²) in [5.74, 6) is 0.798. The Bertz CT molecular complexity index is 827. The largest absolute Gasteiger partial charge is 0.356 e. The van der Waals surface area contributed by atoms with E-state index in [1.807, 2.05) is 11.0 Å². The third-order valence-electron chi connectivity index (χ3n) is 5.08. The number of piperidine rings is 1. The minimum atomic E-state index is -3.21. The van der Waals surface area contributed by atoms with Crippen molar-refractivity contribution in [3.8, 4) is 0 Å². The lowest BCUT2D eigenvalue weighted by Gasteiger charge is -2.33. The summed E-state index contributed by atoms with van der Waals surface area (Å²) in [4.78, 5) is 18.9. The summed E-state index contributed by atoms with van der Waals surface area (Å²) < 4.78 is 23.4. The Hall–Kier alpha value is -1.36. The van der Waals surface area contributed by atoms with Gasteiger partial charge in [0.25, 0.3) is 0 Å². The Morgan fingerprint density at radius 2 is 2.00 bits per heavy atom. The molecule has 9 heteroatoms. The van der Waals surface area contributed by atoms with Crippen molar-refractivity contribution in [3.05, 3.63) is 29.3 Å². The highest BCUT2D eigenvalue weighted by atomic mass is 127. The van der Waals surface area contributed by atoms with Crippen LogP contribution in [0.1, 0.15) is 43.7 Å². The zero-order valence-corrected chi connectivity index (χ0v) is 20.8. The van der Waals surface area contributed by atoms with Gasteiger partial charge in [-0.25, -0.2) is 8.42 Å². The summed E-state index contributed by atoms with van der Waals surface area (Å²) in [5.41, 5.74) is 1.69. The molecule has 2 rings (SSSR count). The van der Waals surface area contributed by atoms with Gasteiger partial charge in [-0.05, 0) is 50.3 Å². The van der Waals surface area contributed by atoms with Crippen LogP contribution in [-0.2, 0) is 21.2 Å². The van der Waals surface area contributed by atoms with E-state index in [0.717, 1.165) is 30.5 Å². The van der Waals surface area contributed by atoms with E-state index in [0.29, 0.717) is 36.4 Å². The van der Waals surface area contributed by atoms with E-state index in [-0.39, 0.29) is 29.9 Å². The minimum absolute atomic E-state index is 0. The predicted octanol–water partition coefficient (Wildman–Crippen LogP) is 2.47. The predicted molar refractivity (Wildman–Crippen MR) is 128 cm³/mol. The fraction of sp³-hybridized carbons (Fsp3) is 0.600. The second kappa shape index (κ2) is 11.7. The van der Waals surface area contributed by atoms with E-state index in [9.17, 15) is 13.2 Å². The highest BCUT2D eigenvalue weighted by molar-refractivity contribution is 14.0. The highest BCUT2D eigenvalue weighted by Gasteiger charge is 2.22. The van der Waals surface area contributed by atoms with Gasteiger partial charge in [0.1, 0.15) is 0 Å². The number of aliphatic imine (C=N–C) groups is 1. The van der Waals surface area contributed by atoms with Gasteiger partial charge in [-0.2, -0.15) is 0 Å². The van der Waals surface area contributed by atoms with E-state index < -0.39 is 9.84 Å². The van der Waals surface area contributed by atoms with Gasteiger partial charge in [-0.3, -0.25) is 9.79 Å². The van der Waals surface area contributed by atoms with Crippen molar-refractivity contribution in [2.24, 2.45) is 4.99 Å². The molecule has 2 N–H and O–H groups in total. The van der Waals surface area contributed by atoms with Crippen LogP contribution in [0.4, 0.5) is 0 Å². The van der Waals surface area contributed by atoms with Gasteiger partial charge in [-0.15, -0.1) is 24.0 Å². The zero-order chi connectivity index (χ0) is 20.7. The van der Waals surface area contributed by atoms with Crippen molar-refractivity contribution in [2.45, 2.75) is 57.0 Å². The maximum Gasteiger partial charge on any atom is 0.224 e. The van der Waals surface area contributed by atoms with Crippen LogP contribution in [0.2, 0.25) is 0 Å². The quantitative estimate of drug-likeness (QED) is 0.331. The van der Waals surface area contributed by atoms with Crippen LogP contribution < -0.4 is 10.6 Å². The molecule has 1 saturated heterocycles. The van der Waals surface area contributed by atoms with Crippen molar-refractivity contribution in [3.63, 3.8) is 0 Å². The van der Waals surface area contributed by atoms with Crippen LogP contribution in [0.15, 0.2) is 28.1 Å². The minimum Gasteiger partial charge on any atom is -0.356 e. The molecule has 1 heterocycles. The number of hydrogen-bond acceptors (Lipinski definition) is 4. The van der Waals surface area contributed by atoms with Gasteiger partial charge in [-0.1, -0.05) is 12.1 Å². The maximum atomic E-state index is 12.4. The summed E-state index contributed by atoms with van der Waals surface area (Å²) >= 11 is 0. The molecule has 1 aromatic carbocycles. The van der Waals surface area contributed by atoms with Crippen molar-refractivity contribution in [1.82, 2.24) is 15.5 Å². The van der Waals surface area contributed by atoms with Crippen LogP contribution in [0.5, 0.6) is 0 Å². The molecule has 1 aliphatic rings. The first-order chi connectivity index (χ1) is 13.2. The van der Waals surface area contributed by atoms with Crippen LogP contribution in [0, 0.1) is 6.92 Å². The van der Waals surface area contributed by atoms with E-state index in [4.69, 9.17) is 0 Å². The molecule has 1 amide bonds. The average molecular weight is 536 g/mol. The molecule has 0 saturated carbocycles. The first-order valence-corrected chi connectivity index (χ1v) is 11.6. The number of nitrogens with zero attached hydrogens (tertiary/aromatic N) is 2. The van der Waals surface area contributed by atoms with Crippen molar-refractivity contribution < 1.29 is 13.2 Å². The summed E-state index contributed by atoms with van der Waals surface area (Å²) in [6.07, 6.45) is 5.02. The Labute approximate surface area is 191 Å². The molecule has 0 aromatic heterocycles. The molecule has 29 heavy (non-hydrogen) atoms. The fourth-order valence-electron chi connectivity index (χ4n) is 3.54. The van der Waals surface area contributed by atoms with Crippen LogP contribution in [0.25, 0.3) is 0 Å². The van der Waals surface area contributed by atoms with E-state index in [1.165, 1.54) is 12.7 Å². The SMILES string of the molecule is CN=C(NCCC(=O)N1CCCCC1C)NCc1ccc(S(C)(=O)=O)c(C)c1.I. The lowest BCUT2D eigenvalue weighted by atomic mass is 10.0. The molecule has 0 radical (unpaired) electrons. The number of rotatable bonds is 6. The smallest absolute Gasteiger partial charge is 0.224 e. The number of aryl methyl sites for hydroxylation is 1. The van der Waals surface area contributed by atoms with Crippen LogP contribution >= 0.6 is 24.0 Å². The van der Waals surface area contributed by atoms with Gasteiger partial charge in [0.15, 0.2) is 15.8 Å². The summed E-state index contributed by atoms with van der Waals surface area (Å²) in [5, 5.41) is 6.37. The first kappa shape index (κ1) is 25.7. The third-order valence-corrected chi connectivity index (χ3v) is 6.33. The van der Waals surface area contributed by atoms with Gasteiger partial charge in [0.05, 0.1) is 4.90 Å². The Balaban J connectivity index is 0.00000420. The Kier molecular flexibility index (Phi) is 10.4. The van der Waals surface area contributed by atoms with Crippen LogP contribution in [-0.4, -0.2) is 57.6 Å². The van der Waals surface area contributed by atoms with Gasteiger partial charge in [0, 0.05) is 45.4 Å². The van der Waals surface area contributed by atoms with E-state index >= 15 is 0 Å². The van der Waals surface area contributed by atoms with Crippen molar-refractivity contribution >= 4 is 45.7 Å². The Morgan fingerprint density at radius 1 is 1.28 bits per heavy atom. The number of likely N-dealkylation sites (tertiary alicyclic amines) is 1. The standard InChI is InChI=1S/C20H32N4O3S.HI/c1-15-13-17(8-9-18(15)28(4,26)27)14-23-20(21-3)22-11-10-19(25)24-12-6-5-7-16(24)2;/h8-9,13,16H,5-7,10-12,14H2,1-4H3,(H2,21,22,23);1H. The Morgan fingerprint density at radius 3 is 2.59 bits per heavy atom. The molecule has 1 aromatic rings. The molecule has 1 atom stereocenters. The highest BCUT2D eigenvalue weighted by Crippen LogP contribution is 2.17. The van der Waals surface area contributed by atoms with Gasteiger partial charge < -0.3 is 15.5 Å². The van der Waals surface area contributed by atoms with Crippen molar-refractivity contribution in [1.29, 1.82) is 0 Å². The summed E-state index contributed by atoms with van der Waals surface area (Å²) in [6, 6.07) is 5.62. The first-order valence-electron chi connectivity index (χ1n) is 9.76. The fourth-order valence-corrected chi connectivity index (χ4v) is 4.50. The number of carbonyl (C=O) groups is 1. The second-order valence-electron chi connectivity index (χ2n) is 7.41. The van der Waals surface area contributed by atoms with Crippen molar-refractivity contribution in [2.75, 3.05) is 26.4 Å². The van der Waals surface area contributed by atoms with Gasteiger partial charge >= 0.3 is 0 Å². The number of nitrogens with one attached hydrogen (secondary N) is 2. The van der Waals surface area contributed by atoms with Crippen LogP contribution in [0.3, 0.4) is 0 Å². The monoisotopic (exact) mass is 536 g/mol. The summed E-state index contributed by atoms with van der Waals surface area (Å²) in [6.45, 7) is 5.80. The molecule has 0 bridgehead atoms. The zero-order valence-electron chi connectivity index (χ0n) is 17.7. The molecular weight excluding hydrogens is 503 g/mol.